The first kappa shape index (κ1) is 12.4. The maximum absolute atomic E-state index is 6.29. The molecule has 0 saturated heterocycles. The van der Waals surface area contributed by atoms with E-state index in [2.05, 4.69) is 5.16 Å². The number of halogens is 1. The third-order valence-corrected chi connectivity index (χ3v) is 3.52. The number of aromatic nitrogens is 1. The zero-order valence-corrected chi connectivity index (χ0v) is 11.4. The quantitative estimate of drug-likeness (QED) is 0.927. The SMILES string of the molecule is Cc1cc(Cl)c(OCC2CC2)c(-c2cnoc2N)c1. The minimum absolute atomic E-state index is 0.276. The molecule has 2 N–H and O–H groups in total. The van der Waals surface area contributed by atoms with Crippen molar-refractivity contribution in [2.24, 2.45) is 5.92 Å². The summed E-state index contributed by atoms with van der Waals surface area (Å²) in [5.74, 6) is 1.59. The molecule has 1 aliphatic carbocycles. The fraction of sp³-hybridized carbons (Fsp3) is 0.357. The van der Waals surface area contributed by atoms with Gasteiger partial charge in [-0.15, -0.1) is 0 Å². The molecule has 3 rings (SSSR count). The van der Waals surface area contributed by atoms with Crippen LogP contribution in [-0.4, -0.2) is 11.8 Å². The van der Waals surface area contributed by atoms with Crippen molar-refractivity contribution in [2.75, 3.05) is 12.3 Å². The Kier molecular flexibility index (Phi) is 3.11. The summed E-state index contributed by atoms with van der Waals surface area (Å²) < 4.78 is 10.8. The summed E-state index contributed by atoms with van der Waals surface area (Å²) in [5.41, 5.74) is 8.38. The predicted molar refractivity (Wildman–Crippen MR) is 74.3 cm³/mol. The topological polar surface area (TPSA) is 61.3 Å². The van der Waals surface area contributed by atoms with Crippen LogP contribution in [0.4, 0.5) is 5.88 Å². The van der Waals surface area contributed by atoms with E-state index in [0.717, 1.165) is 16.7 Å². The van der Waals surface area contributed by atoms with Gasteiger partial charge in [0, 0.05) is 5.56 Å². The van der Waals surface area contributed by atoms with E-state index in [1.54, 1.807) is 6.20 Å². The second-order valence-electron chi connectivity index (χ2n) is 4.98. The number of rotatable bonds is 4. The molecule has 2 aromatic rings. The highest BCUT2D eigenvalue weighted by atomic mass is 35.5. The number of nitrogens with zero attached hydrogens (tertiary/aromatic N) is 1. The van der Waals surface area contributed by atoms with Crippen molar-refractivity contribution in [2.45, 2.75) is 19.8 Å². The Bertz CT molecular complexity index is 605. The third kappa shape index (κ3) is 2.54. The van der Waals surface area contributed by atoms with Crippen LogP contribution in [0.5, 0.6) is 5.75 Å². The van der Waals surface area contributed by atoms with Gasteiger partial charge in [-0.25, -0.2) is 0 Å². The molecule has 0 spiro atoms. The minimum atomic E-state index is 0.276. The standard InChI is InChI=1S/C14H15ClN2O2/c1-8-4-10(11-6-17-19-14(11)16)13(12(15)5-8)18-7-9-2-3-9/h4-6,9H,2-3,7,16H2,1H3. The van der Waals surface area contributed by atoms with Crippen LogP contribution in [0.15, 0.2) is 22.9 Å². The van der Waals surface area contributed by atoms with Crippen LogP contribution in [0.3, 0.4) is 0 Å². The van der Waals surface area contributed by atoms with Crippen molar-refractivity contribution in [3.63, 3.8) is 0 Å². The van der Waals surface area contributed by atoms with Gasteiger partial charge >= 0.3 is 0 Å². The van der Waals surface area contributed by atoms with Gasteiger partial charge in [0.1, 0.15) is 5.75 Å². The number of hydrogen-bond donors (Lipinski definition) is 1. The van der Waals surface area contributed by atoms with Crippen molar-refractivity contribution < 1.29 is 9.26 Å². The second-order valence-corrected chi connectivity index (χ2v) is 5.39. The minimum Gasteiger partial charge on any atom is -0.491 e. The average Bonchev–Trinajstić information content (AvgIpc) is 3.08. The summed E-state index contributed by atoms with van der Waals surface area (Å²) in [6.45, 7) is 2.67. The molecule has 1 saturated carbocycles. The number of nitrogen functional groups attached to an aromatic ring is 1. The lowest BCUT2D eigenvalue weighted by molar-refractivity contribution is 0.301. The molecule has 0 amide bonds. The first-order chi connectivity index (χ1) is 9.15. The third-order valence-electron chi connectivity index (χ3n) is 3.24. The molecule has 100 valence electrons. The van der Waals surface area contributed by atoms with Gasteiger partial charge in [0.2, 0.25) is 5.88 Å². The molecule has 1 fully saturated rings. The van der Waals surface area contributed by atoms with E-state index in [9.17, 15) is 0 Å². The van der Waals surface area contributed by atoms with Crippen LogP contribution in [-0.2, 0) is 0 Å². The molecule has 0 aliphatic heterocycles. The zero-order valence-electron chi connectivity index (χ0n) is 10.6. The predicted octanol–water partition coefficient (Wildman–Crippen LogP) is 3.67. The summed E-state index contributed by atoms with van der Waals surface area (Å²) in [6.07, 6.45) is 4.05. The Morgan fingerprint density at radius 2 is 2.21 bits per heavy atom. The van der Waals surface area contributed by atoms with Gasteiger partial charge in [0.05, 0.1) is 23.4 Å². The number of aryl methyl sites for hydroxylation is 1. The highest BCUT2D eigenvalue weighted by molar-refractivity contribution is 6.32. The molecule has 4 nitrogen and oxygen atoms in total. The molecule has 1 aromatic carbocycles. The lowest BCUT2D eigenvalue weighted by atomic mass is 10.0. The zero-order chi connectivity index (χ0) is 13.4. The lowest BCUT2D eigenvalue weighted by Crippen LogP contribution is -2.01. The average molecular weight is 279 g/mol. The van der Waals surface area contributed by atoms with E-state index >= 15 is 0 Å². The van der Waals surface area contributed by atoms with E-state index in [1.807, 2.05) is 19.1 Å². The molecular weight excluding hydrogens is 264 g/mol. The molecular formula is C14H15ClN2O2. The normalized spacial score (nSPS) is 14.6. The highest BCUT2D eigenvalue weighted by Gasteiger charge is 2.24. The van der Waals surface area contributed by atoms with E-state index in [0.29, 0.717) is 23.3 Å². The van der Waals surface area contributed by atoms with Gasteiger partial charge < -0.3 is 15.0 Å². The maximum atomic E-state index is 6.29. The van der Waals surface area contributed by atoms with Crippen molar-refractivity contribution in [1.82, 2.24) is 5.16 Å². The van der Waals surface area contributed by atoms with Gasteiger partial charge in [-0.05, 0) is 43.4 Å². The molecule has 0 unspecified atom stereocenters. The second kappa shape index (κ2) is 4.78. The van der Waals surface area contributed by atoms with Crippen LogP contribution in [0.1, 0.15) is 18.4 Å². The number of nitrogens with two attached hydrogens (primary N) is 1. The first-order valence-electron chi connectivity index (χ1n) is 6.28. The Balaban J connectivity index is 2.02. The van der Waals surface area contributed by atoms with Crippen molar-refractivity contribution in [3.05, 3.63) is 28.9 Å². The Labute approximate surface area is 116 Å². The van der Waals surface area contributed by atoms with Crippen LogP contribution >= 0.6 is 11.6 Å². The summed E-state index contributed by atoms with van der Waals surface area (Å²) >= 11 is 6.29. The van der Waals surface area contributed by atoms with Crippen molar-refractivity contribution in [1.29, 1.82) is 0 Å². The molecule has 1 heterocycles. The Hall–Kier alpha value is -1.68. The maximum Gasteiger partial charge on any atom is 0.230 e. The largest absolute Gasteiger partial charge is 0.491 e. The number of ether oxygens (including phenoxy) is 1. The van der Waals surface area contributed by atoms with Gasteiger partial charge in [0.15, 0.2) is 0 Å². The summed E-state index contributed by atoms with van der Waals surface area (Å²) in [7, 11) is 0. The Morgan fingerprint density at radius 1 is 1.42 bits per heavy atom. The smallest absolute Gasteiger partial charge is 0.230 e. The monoisotopic (exact) mass is 278 g/mol. The lowest BCUT2D eigenvalue weighted by Gasteiger charge is -2.13. The van der Waals surface area contributed by atoms with Gasteiger partial charge in [0.25, 0.3) is 0 Å². The highest BCUT2D eigenvalue weighted by Crippen LogP contribution is 2.41. The summed E-state index contributed by atoms with van der Waals surface area (Å²) in [4.78, 5) is 0. The van der Waals surface area contributed by atoms with E-state index in [4.69, 9.17) is 26.6 Å². The van der Waals surface area contributed by atoms with Gasteiger partial charge in [-0.1, -0.05) is 16.8 Å². The molecule has 0 atom stereocenters. The van der Waals surface area contributed by atoms with E-state index in [1.165, 1.54) is 12.8 Å². The molecule has 1 aromatic heterocycles. The van der Waals surface area contributed by atoms with Crippen LogP contribution in [0, 0.1) is 12.8 Å². The van der Waals surface area contributed by atoms with Gasteiger partial charge in [-0.3, -0.25) is 0 Å². The van der Waals surface area contributed by atoms with Crippen LogP contribution < -0.4 is 10.5 Å². The number of benzene rings is 1. The fourth-order valence-electron chi connectivity index (χ4n) is 2.01. The van der Waals surface area contributed by atoms with Crippen molar-refractivity contribution in [3.8, 4) is 16.9 Å². The van der Waals surface area contributed by atoms with Crippen LogP contribution in [0.25, 0.3) is 11.1 Å². The fourth-order valence-corrected chi connectivity index (χ4v) is 2.34. The summed E-state index contributed by atoms with van der Waals surface area (Å²) in [6, 6.07) is 3.87. The molecule has 0 bridgehead atoms. The molecule has 5 heteroatoms. The first-order valence-corrected chi connectivity index (χ1v) is 6.66. The van der Waals surface area contributed by atoms with Crippen molar-refractivity contribution >= 4 is 17.5 Å². The molecule has 0 radical (unpaired) electrons. The van der Waals surface area contributed by atoms with Gasteiger partial charge in [-0.2, -0.15) is 0 Å². The van der Waals surface area contributed by atoms with Crippen LogP contribution in [0.2, 0.25) is 5.02 Å². The van der Waals surface area contributed by atoms with E-state index in [-0.39, 0.29) is 5.88 Å². The Morgan fingerprint density at radius 3 is 2.84 bits per heavy atom. The molecule has 19 heavy (non-hydrogen) atoms. The summed E-state index contributed by atoms with van der Waals surface area (Å²) in [5, 5.41) is 4.30. The molecule has 1 aliphatic rings. The van der Waals surface area contributed by atoms with E-state index < -0.39 is 0 Å². The number of hydrogen-bond acceptors (Lipinski definition) is 4. The number of anilines is 1.